The van der Waals surface area contributed by atoms with Gasteiger partial charge in [-0.3, -0.25) is 10.3 Å². The molecule has 2 amide bonds. The van der Waals surface area contributed by atoms with Crippen LogP contribution in [0.5, 0.6) is 0 Å². The number of amides is 2. The predicted octanol–water partition coefficient (Wildman–Crippen LogP) is 2.04. The lowest BCUT2D eigenvalue weighted by atomic mass is 10.4. The van der Waals surface area contributed by atoms with Crippen molar-refractivity contribution >= 4 is 23.2 Å². The summed E-state index contributed by atoms with van der Waals surface area (Å²) < 4.78 is 36.8. The molecule has 0 saturated heterocycles. The van der Waals surface area contributed by atoms with E-state index < -0.39 is 17.2 Å². The number of nitrogens with one attached hydrogen (secondary N) is 1. The van der Waals surface area contributed by atoms with Gasteiger partial charge in [0.05, 0.1) is 6.54 Å². The molecule has 3 N–H and O–H groups in total. The lowest BCUT2D eigenvalue weighted by molar-refractivity contribution is -0.137. The third-order valence-electron chi connectivity index (χ3n) is 1.78. The number of amidine groups is 1. The maximum atomic E-state index is 12.3. The highest BCUT2D eigenvalue weighted by atomic mass is 32.1. The number of carbonyl (C=O) groups excluding carboxylic acids is 1. The average molecular weight is 266 g/mol. The van der Waals surface area contributed by atoms with Crippen LogP contribution in [0.2, 0.25) is 0 Å². The van der Waals surface area contributed by atoms with E-state index in [9.17, 15) is 18.0 Å². The van der Waals surface area contributed by atoms with E-state index in [0.29, 0.717) is 11.3 Å². The van der Waals surface area contributed by atoms with Gasteiger partial charge in [0.1, 0.15) is 5.84 Å². The molecule has 0 spiro atoms. The molecular weight excluding hydrogens is 257 g/mol. The lowest BCUT2D eigenvalue weighted by Crippen LogP contribution is -2.38. The van der Waals surface area contributed by atoms with Crippen LogP contribution < -0.4 is 5.73 Å². The number of hydrogen-bond donors (Lipinski definition) is 2. The number of rotatable bonds is 2. The van der Waals surface area contributed by atoms with Gasteiger partial charge in [0, 0.05) is 11.1 Å². The monoisotopic (exact) mass is 266 g/mol. The first-order valence-electron chi connectivity index (χ1n) is 4.36. The minimum atomic E-state index is -4.50. The van der Waals surface area contributed by atoms with E-state index in [0.717, 1.165) is 11.1 Å². The second-order valence-electron chi connectivity index (χ2n) is 3.14. The Bertz CT molecular complexity index is 428. The number of carbonyl (C=O) groups is 1. The van der Waals surface area contributed by atoms with Gasteiger partial charge in [0.25, 0.3) is 0 Å². The van der Waals surface area contributed by atoms with Gasteiger partial charge in [-0.1, -0.05) is 0 Å². The number of thiazole rings is 1. The SMILES string of the molecule is CC(=N)N(Cc1cnc(C(F)(F)F)s1)C(N)=O. The number of hydrogen-bond acceptors (Lipinski definition) is 4. The van der Waals surface area contributed by atoms with Gasteiger partial charge < -0.3 is 5.73 Å². The van der Waals surface area contributed by atoms with E-state index in [-0.39, 0.29) is 17.3 Å². The zero-order valence-corrected chi connectivity index (χ0v) is 9.52. The van der Waals surface area contributed by atoms with Crippen LogP contribution in [0.1, 0.15) is 16.8 Å². The summed E-state index contributed by atoms with van der Waals surface area (Å²) in [5.74, 6) is -0.139. The molecule has 0 aliphatic rings. The van der Waals surface area contributed by atoms with Gasteiger partial charge in [-0.2, -0.15) is 13.2 Å². The van der Waals surface area contributed by atoms with E-state index in [2.05, 4.69) is 4.98 Å². The Morgan fingerprint density at radius 2 is 2.24 bits per heavy atom. The summed E-state index contributed by atoms with van der Waals surface area (Å²) in [7, 11) is 0. The van der Waals surface area contributed by atoms with Crippen LogP contribution in [0.4, 0.5) is 18.0 Å². The predicted molar refractivity (Wildman–Crippen MR) is 55.6 cm³/mol. The number of nitrogens with two attached hydrogens (primary N) is 1. The van der Waals surface area contributed by atoms with Crippen LogP contribution in [0, 0.1) is 5.41 Å². The molecule has 1 rings (SSSR count). The smallest absolute Gasteiger partial charge is 0.351 e. The second kappa shape index (κ2) is 4.70. The Morgan fingerprint density at radius 3 is 2.59 bits per heavy atom. The van der Waals surface area contributed by atoms with Crippen molar-refractivity contribution in [1.82, 2.24) is 9.88 Å². The molecule has 0 radical (unpaired) electrons. The van der Waals surface area contributed by atoms with Crippen LogP contribution in [-0.2, 0) is 12.7 Å². The van der Waals surface area contributed by atoms with E-state index in [1.807, 2.05) is 0 Å². The van der Waals surface area contributed by atoms with Gasteiger partial charge in [-0.05, 0) is 6.92 Å². The molecular formula is C8H9F3N4OS. The molecule has 0 aromatic carbocycles. The lowest BCUT2D eigenvalue weighted by Gasteiger charge is -2.17. The van der Waals surface area contributed by atoms with E-state index in [1.54, 1.807) is 0 Å². The number of urea groups is 1. The average Bonchev–Trinajstić information content (AvgIpc) is 2.60. The van der Waals surface area contributed by atoms with Crippen LogP contribution >= 0.6 is 11.3 Å². The number of aromatic nitrogens is 1. The Hall–Kier alpha value is -1.64. The highest BCUT2D eigenvalue weighted by Crippen LogP contribution is 2.32. The normalized spacial score (nSPS) is 11.3. The Balaban J connectivity index is 2.85. The Morgan fingerprint density at radius 1 is 1.65 bits per heavy atom. The third-order valence-corrected chi connectivity index (χ3v) is 2.81. The molecule has 94 valence electrons. The van der Waals surface area contributed by atoms with Crippen LogP contribution in [0.25, 0.3) is 0 Å². The van der Waals surface area contributed by atoms with Crippen molar-refractivity contribution in [3.05, 3.63) is 16.1 Å². The summed E-state index contributed by atoms with van der Waals surface area (Å²) in [5, 5.41) is 6.26. The molecule has 1 aromatic rings. The van der Waals surface area contributed by atoms with E-state index >= 15 is 0 Å². The minimum Gasteiger partial charge on any atom is -0.351 e. The van der Waals surface area contributed by atoms with Crippen molar-refractivity contribution in [3.8, 4) is 0 Å². The third kappa shape index (κ3) is 3.41. The fourth-order valence-corrected chi connectivity index (χ4v) is 1.80. The standard InChI is InChI=1S/C8H9F3N4OS/c1-4(12)15(7(13)16)3-5-2-14-6(17-5)8(9,10)11/h2,12H,3H2,1H3,(H2,13,16). The van der Waals surface area contributed by atoms with Gasteiger partial charge in [0.2, 0.25) is 0 Å². The van der Waals surface area contributed by atoms with E-state index in [4.69, 9.17) is 11.1 Å². The number of primary amides is 1. The first kappa shape index (κ1) is 13.4. The zero-order valence-electron chi connectivity index (χ0n) is 8.71. The highest BCUT2D eigenvalue weighted by molar-refractivity contribution is 7.11. The molecule has 1 aromatic heterocycles. The van der Waals surface area contributed by atoms with Crippen LogP contribution in [0.3, 0.4) is 0 Å². The maximum Gasteiger partial charge on any atom is 0.443 e. The molecule has 0 atom stereocenters. The number of halogens is 3. The van der Waals surface area contributed by atoms with Crippen molar-refractivity contribution in [2.75, 3.05) is 0 Å². The van der Waals surface area contributed by atoms with Gasteiger partial charge in [-0.25, -0.2) is 9.78 Å². The van der Waals surface area contributed by atoms with Gasteiger partial charge in [0.15, 0.2) is 5.01 Å². The van der Waals surface area contributed by atoms with Crippen LogP contribution in [-0.4, -0.2) is 21.8 Å². The molecule has 0 saturated carbocycles. The van der Waals surface area contributed by atoms with E-state index in [1.165, 1.54) is 6.92 Å². The fraction of sp³-hybridized carbons (Fsp3) is 0.375. The Labute approximate surface area is 98.6 Å². The molecule has 9 heteroatoms. The molecule has 0 aliphatic heterocycles. The first-order valence-corrected chi connectivity index (χ1v) is 5.17. The molecule has 5 nitrogen and oxygen atoms in total. The zero-order chi connectivity index (χ0) is 13.2. The molecule has 0 aliphatic carbocycles. The van der Waals surface area contributed by atoms with Gasteiger partial charge >= 0.3 is 12.2 Å². The molecule has 0 unspecified atom stereocenters. The molecule has 17 heavy (non-hydrogen) atoms. The Kier molecular flexibility index (Phi) is 3.71. The topological polar surface area (TPSA) is 83.1 Å². The minimum absolute atomic E-state index is 0.139. The molecule has 1 heterocycles. The van der Waals surface area contributed by atoms with Crippen molar-refractivity contribution in [2.45, 2.75) is 19.6 Å². The summed E-state index contributed by atoms with van der Waals surface area (Å²) in [6.07, 6.45) is -3.48. The summed E-state index contributed by atoms with van der Waals surface area (Å²) in [5.41, 5.74) is 4.99. The molecule has 0 fully saturated rings. The highest BCUT2D eigenvalue weighted by Gasteiger charge is 2.34. The number of alkyl halides is 3. The summed E-state index contributed by atoms with van der Waals surface area (Å²) in [6.45, 7) is 1.13. The van der Waals surface area contributed by atoms with Crippen molar-refractivity contribution < 1.29 is 18.0 Å². The van der Waals surface area contributed by atoms with Crippen molar-refractivity contribution in [1.29, 1.82) is 5.41 Å². The summed E-state index contributed by atoms with van der Waals surface area (Å²) >= 11 is 0.421. The summed E-state index contributed by atoms with van der Waals surface area (Å²) in [6, 6.07) is -0.889. The fourth-order valence-electron chi connectivity index (χ4n) is 1.03. The molecule has 0 bridgehead atoms. The van der Waals surface area contributed by atoms with Crippen LogP contribution in [0.15, 0.2) is 6.20 Å². The largest absolute Gasteiger partial charge is 0.443 e. The van der Waals surface area contributed by atoms with Crippen molar-refractivity contribution in [3.63, 3.8) is 0 Å². The number of nitrogens with zero attached hydrogens (tertiary/aromatic N) is 2. The van der Waals surface area contributed by atoms with Crippen molar-refractivity contribution in [2.24, 2.45) is 5.73 Å². The second-order valence-corrected chi connectivity index (χ2v) is 4.25. The maximum absolute atomic E-state index is 12.3. The van der Waals surface area contributed by atoms with Gasteiger partial charge in [-0.15, -0.1) is 11.3 Å². The summed E-state index contributed by atoms with van der Waals surface area (Å²) in [4.78, 5) is 15.2. The quantitative estimate of drug-likeness (QED) is 0.634. The first-order chi connectivity index (χ1) is 7.71.